The van der Waals surface area contributed by atoms with Gasteiger partial charge in [0.05, 0.1) is 36.6 Å². The van der Waals surface area contributed by atoms with Gasteiger partial charge >= 0.3 is 0 Å². The number of rotatable bonds is 6. The van der Waals surface area contributed by atoms with E-state index in [1.165, 1.54) is 0 Å². The maximum absolute atomic E-state index is 8.87. The molecule has 0 radical (unpaired) electrons. The van der Waals surface area contributed by atoms with Gasteiger partial charge in [0.2, 0.25) is 0 Å². The quantitative estimate of drug-likeness (QED) is 0.849. The molecule has 1 aromatic heterocycles. The third-order valence-electron chi connectivity index (χ3n) is 3.02. The summed E-state index contributed by atoms with van der Waals surface area (Å²) in [5, 5.41) is 16.4. The van der Waals surface area contributed by atoms with Crippen molar-refractivity contribution in [3.05, 3.63) is 40.6 Å². The van der Waals surface area contributed by atoms with Crippen LogP contribution in [0.5, 0.6) is 5.75 Å². The number of benzene rings is 1. The lowest BCUT2D eigenvalue weighted by Gasteiger charge is -2.15. The molecule has 1 atom stereocenters. The highest BCUT2D eigenvalue weighted by atomic mass is 79.9. The van der Waals surface area contributed by atoms with Gasteiger partial charge < -0.3 is 15.2 Å². The Labute approximate surface area is 126 Å². The first-order valence-corrected chi connectivity index (χ1v) is 7.16. The average molecular weight is 340 g/mol. The Bertz CT molecular complexity index is 571. The first kappa shape index (κ1) is 14.9. The zero-order chi connectivity index (χ0) is 14.5. The molecule has 0 aliphatic heterocycles. The van der Waals surface area contributed by atoms with E-state index in [4.69, 9.17) is 9.84 Å². The summed E-state index contributed by atoms with van der Waals surface area (Å²) in [4.78, 5) is 0. The molecule has 0 saturated carbocycles. The Hall–Kier alpha value is -1.53. The maximum Gasteiger partial charge on any atom is 0.133 e. The summed E-state index contributed by atoms with van der Waals surface area (Å²) >= 11 is 3.49. The van der Waals surface area contributed by atoms with E-state index in [2.05, 4.69) is 33.3 Å². The second-order valence-electron chi connectivity index (χ2n) is 4.48. The predicted octanol–water partition coefficient (Wildman–Crippen LogP) is 2.82. The fraction of sp³-hybridized carbons (Fsp3) is 0.357. The molecule has 2 N–H and O–H groups in total. The maximum atomic E-state index is 8.87. The summed E-state index contributed by atoms with van der Waals surface area (Å²) in [6, 6.07) is 6.14. The average Bonchev–Trinajstić information content (AvgIpc) is 2.86. The number of aliphatic hydroxyl groups excluding tert-OH is 1. The van der Waals surface area contributed by atoms with Crippen LogP contribution in [0.4, 0.5) is 5.69 Å². The molecule has 6 heteroatoms. The number of hydrogen-bond acceptors (Lipinski definition) is 4. The number of halogens is 1. The lowest BCUT2D eigenvalue weighted by atomic mass is 10.1. The van der Waals surface area contributed by atoms with Gasteiger partial charge in [0.1, 0.15) is 5.75 Å². The Morgan fingerprint density at radius 1 is 1.50 bits per heavy atom. The molecule has 0 aliphatic rings. The molecular formula is C14H18BrN3O2. The van der Waals surface area contributed by atoms with E-state index in [0.717, 1.165) is 21.5 Å². The van der Waals surface area contributed by atoms with E-state index in [1.807, 2.05) is 24.4 Å². The van der Waals surface area contributed by atoms with Gasteiger partial charge in [-0.3, -0.25) is 4.68 Å². The summed E-state index contributed by atoms with van der Waals surface area (Å²) in [6.07, 6.45) is 3.63. The normalized spacial score (nSPS) is 12.2. The molecule has 1 unspecified atom stereocenters. The van der Waals surface area contributed by atoms with E-state index in [0.29, 0.717) is 6.54 Å². The fourth-order valence-corrected chi connectivity index (χ4v) is 2.51. The van der Waals surface area contributed by atoms with Crippen molar-refractivity contribution in [2.75, 3.05) is 19.0 Å². The number of aliphatic hydroxyl groups is 1. The number of ether oxygens (including phenoxy) is 1. The zero-order valence-corrected chi connectivity index (χ0v) is 13.1. The first-order valence-electron chi connectivity index (χ1n) is 6.37. The zero-order valence-electron chi connectivity index (χ0n) is 11.5. The Morgan fingerprint density at radius 2 is 2.30 bits per heavy atom. The van der Waals surface area contributed by atoms with Gasteiger partial charge in [0.15, 0.2) is 0 Å². The van der Waals surface area contributed by atoms with Crippen molar-refractivity contribution in [2.45, 2.75) is 19.5 Å². The molecule has 0 bridgehead atoms. The van der Waals surface area contributed by atoms with Crippen LogP contribution in [0.2, 0.25) is 0 Å². The summed E-state index contributed by atoms with van der Waals surface area (Å²) in [5.41, 5.74) is 2.07. The van der Waals surface area contributed by atoms with Crippen molar-refractivity contribution >= 4 is 21.6 Å². The van der Waals surface area contributed by atoms with E-state index < -0.39 is 0 Å². The standard InChI is InChI=1S/C14H18BrN3O2/c1-10(11-3-4-14(20-2)13(15)7-11)17-12-8-16-18(9-12)5-6-19/h3-4,7-10,17,19H,5-6H2,1-2H3. The molecule has 0 aliphatic carbocycles. The molecular weight excluding hydrogens is 322 g/mol. The molecule has 0 amide bonds. The topological polar surface area (TPSA) is 59.3 Å². The fourth-order valence-electron chi connectivity index (χ4n) is 1.95. The number of aromatic nitrogens is 2. The monoisotopic (exact) mass is 339 g/mol. The predicted molar refractivity (Wildman–Crippen MR) is 82.0 cm³/mol. The minimum absolute atomic E-state index is 0.0854. The van der Waals surface area contributed by atoms with Crippen molar-refractivity contribution in [2.24, 2.45) is 0 Å². The molecule has 0 spiro atoms. The molecule has 1 heterocycles. The van der Waals surface area contributed by atoms with Crippen LogP contribution in [0.25, 0.3) is 0 Å². The summed E-state index contributed by atoms with van der Waals surface area (Å²) in [5.74, 6) is 0.816. The Morgan fingerprint density at radius 3 is 2.95 bits per heavy atom. The number of methoxy groups -OCH3 is 1. The SMILES string of the molecule is COc1ccc(C(C)Nc2cnn(CCO)c2)cc1Br. The third kappa shape index (κ3) is 3.52. The first-order chi connectivity index (χ1) is 9.63. The Kier molecular flexibility index (Phi) is 5.03. The van der Waals surface area contributed by atoms with Gasteiger partial charge in [-0.25, -0.2) is 0 Å². The molecule has 5 nitrogen and oxygen atoms in total. The van der Waals surface area contributed by atoms with Crippen LogP contribution in [0.1, 0.15) is 18.5 Å². The van der Waals surface area contributed by atoms with Crippen LogP contribution in [-0.4, -0.2) is 28.6 Å². The molecule has 20 heavy (non-hydrogen) atoms. The number of hydrogen-bond donors (Lipinski definition) is 2. The van der Waals surface area contributed by atoms with E-state index >= 15 is 0 Å². The van der Waals surface area contributed by atoms with Gasteiger partial charge in [-0.05, 0) is 40.5 Å². The van der Waals surface area contributed by atoms with Gasteiger partial charge in [-0.15, -0.1) is 0 Å². The summed E-state index contributed by atoms with van der Waals surface area (Å²) in [7, 11) is 1.65. The lowest BCUT2D eigenvalue weighted by Crippen LogP contribution is -2.06. The largest absolute Gasteiger partial charge is 0.496 e. The van der Waals surface area contributed by atoms with Crippen LogP contribution in [0.3, 0.4) is 0 Å². The van der Waals surface area contributed by atoms with E-state index in [1.54, 1.807) is 18.0 Å². The number of nitrogens with zero attached hydrogens (tertiary/aromatic N) is 2. The molecule has 2 aromatic rings. The van der Waals surface area contributed by atoms with Gasteiger partial charge in [-0.1, -0.05) is 6.07 Å². The van der Waals surface area contributed by atoms with Crippen molar-refractivity contribution < 1.29 is 9.84 Å². The minimum Gasteiger partial charge on any atom is -0.496 e. The highest BCUT2D eigenvalue weighted by molar-refractivity contribution is 9.10. The second kappa shape index (κ2) is 6.76. The van der Waals surface area contributed by atoms with Crippen molar-refractivity contribution in [3.63, 3.8) is 0 Å². The van der Waals surface area contributed by atoms with Crippen LogP contribution >= 0.6 is 15.9 Å². The molecule has 0 fully saturated rings. The van der Waals surface area contributed by atoms with E-state index in [-0.39, 0.29) is 12.6 Å². The molecule has 108 valence electrons. The van der Waals surface area contributed by atoms with Crippen LogP contribution in [-0.2, 0) is 6.54 Å². The highest BCUT2D eigenvalue weighted by Gasteiger charge is 2.09. The Balaban J connectivity index is 2.06. The van der Waals surface area contributed by atoms with Gasteiger partial charge in [0, 0.05) is 12.2 Å². The van der Waals surface area contributed by atoms with Crippen LogP contribution in [0, 0.1) is 0 Å². The lowest BCUT2D eigenvalue weighted by molar-refractivity contribution is 0.269. The minimum atomic E-state index is 0.0854. The molecule has 0 saturated heterocycles. The summed E-state index contributed by atoms with van der Waals surface area (Å²) in [6.45, 7) is 2.67. The van der Waals surface area contributed by atoms with Gasteiger partial charge in [-0.2, -0.15) is 5.10 Å². The van der Waals surface area contributed by atoms with Crippen molar-refractivity contribution in [1.29, 1.82) is 0 Å². The summed E-state index contributed by atoms with van der Waals surface area (Å²) < 4.78 is 7.86. The molecule has 1 aromatic carbocycles. The molecule has 2 rings (SSSR count). The van der Waals surface area contributed by atoms with E-state index in [9.17, 15) is 0 Å². The van der Waals surface area contributed by atoms with Crippen LogP contribution < -0.4 is 10.1 Å². The van der Waals surface area contributed by atoms with Crippen LogP contribution in [0.15, 0.2) is 35.1 Å². The van der Waals surface area contributed by atoms with Gasteiger partial charge in [0.25, 0.3) is 0 Å². The number of anilines is 1. The second-order valence-corrected chi connectivity index (χ2v) is 5.33. The number of nitrogens with one attached hydrogen (secondary N) is 1. The highest BCUT2D eigenvalue weighted by Crippen LogP contribution is 2.29. The van der Waals surface area contributed by atoms with Crippen molar-refractivity contribution in [1.82, 2.24) is 9.78 Å². The smallest absolute Gasteiger partial charge is 0.133 e. The third-order valence-corrected chi connectivity index (χ3v) is 3.64. The van der Waals surface area contributed by atoms with Crippen molar-refractivity contribution in [3.8, 4) is 5.75 Å².